The predicted molar refractivity (Wildman–Crippen MR) is 107 cm³/mol. The Labute approximate surface area is 161 Å². The van der Waals surface area contributed by atoms with Gasteiger partial charge in [0, 0.05) is 18.6 Å². The molecule has 0 aliphatic carbocycles. The van der Waals surface area contributed by atoms with Crippen molar-refractivity contribution in [3.8, 4) is 23.8 Å². The molecular weight excluding hydrogens is 360 g/mol. The van der Waals surface area contributed by atoms with Gasteiger partial charge in [-0.25, -0.2) is 0 Å². The van der Waals surface area contributed by atoms with Crippen molar-refractivity contribution in [1.82, 2.24) is 4.57 Å². The highest BCUT2D eigenvalue weighted by molar-refractivity contribution is 7.16. The first-order valence-corrected chi connectivity index (χ1v) is 9.28. The van der Waals surface area contributed by atoms with Crippen LogP contribution in [0.2, 0.25) is 0 Å². The fourth-order valence-electron chi connectivity index (χ4n) is 2.78. The van der Waals surface area contributed by atoms with Crippen LogP contribution in [0.5, 0.6) is 11.5 Å². The molecule has 0 atom stereocenters. The molecule has 2 aromatic carbocycles. The summed E-state index contributed by atoms with van der Waals surface area (Å²) in [6.45, 7) is 0.320. The number of aryl methyl sites for hydroxylation is 1. The fourth-order valence-corrected chi connectivity index (χ4v) is 3.84. The molecule has 138 valence electrons. The molecule has 3 rings (SSSR count). The normalized spacial score (nSPS) is 11.4. The number of hydrogen-bond acceptors (Lipinski definition) is 4. The smallest absolute Gasteiger partial charge is 0.248 e. The number of nitrogens with zero attached hydrogens (tertiary/aromatic N) is 2. The molecule has 0 aliphatic heterocycles. The lowest BCUT2D eigenvalue weighted by Gasteiger charge is -2.08. The van der Waals surface area contributed by atoms with Crippen LogP contribution in [0.25, 0.3) is 10.2 Å². The summed E-state index contributed by atoms with van der Waals surface area (Å²) in [5.41, 5.74) is 1.98. The number of terminal acetylenes is 1. The Balaban J connectivity index is 1.96. The molecule has 1 amide bonds. The molecule has 3 aromatic rings. The largest absolute Gasteiger partial charge is 0.493 e. The Kier molecular flexibility index (Phi) is 5.94. The highest BCUT2D eigenvalue weighted by atomic mass is 32.1. The molecule has 27 heavy (non-hydrogen) atoms. The SMILES string of the molecule is C#CCn1c(=NC(=O)CCc2ccccc2)sc2cc(OC)c(OC)cc21. The number of carbonyl (C=O) groups excluding carboxylic acids is 1. The van der Waals surface area contributed by atoms with Gasteiger partial charge in [0.25, 0.3) is 0 Å². The summed E-state index contributed by atoms with van der Waals surface area (Å²) in [6.07, 6.45) is 6.53. The standard InChI is InChI=1S/C21H20N2O3S/c1-4-12-23-16-13-17(25-2)18(26-3)14-19(16)27-21(23)22-20(24)11-10-15-8-6-5-7-9-15/h1,5-9,13-14H,10-12H2,2-3H3. The number of ether oxygens (including phenoxy) is 2. The highest BCUT2D eigenvalue weighted by Gasteiger charge is 2.13. The monoisotopic (exact) mass is 380 g/mol. The third-order valence-electron chi connectivity index (χ3n) is 4.13. The fraction of sp³-hybridized carbons (Fsp3) is 0.238. The number of amides is 1. The Morgan fingerprint density at radius 1 is 1.19 bits per heavy atom. The molecule has 0 bridgehead atoms. The number of thiazole rings is 1. The molecule has 0 fully saturated rings. The molecule has 0 unspecified atom stereocenters. The Bertz CT molecular complexity index is 1060. The number of fused-ring (bicyclic) bond motifs is 1. The van der Waals surface area contributed by atoms with Crippen LogP contribution in [0.1, 0.15) is 12.0 Å². The van der Waals surface area contributed by atoms with E-state index in [1.54, 1.807) is 14.2 Å². The van der Waals surface area contributed by atoms with E-state index in [4.69, 9.17) is 15.9 Å². The maximum atomic E-state index is 12.4. The number of benzene rings is 2. The second-order valence-corrected chi connectivity index (χ2v) is 6.85. The van der Waals surface area contributed by atoms with Crippen molar-refractivity contribution < 1.29 is 14.3 Å². The number of methoxy groups -OCH3 is 2. The third-order valence-corrected chi connectivity index (χ3v) is 5.17. The van der Waals surface area contributed by atoms with Crippen molar-refractivity contribution in [2.24, 2.45) is 4.99 Å². The van der Waals surface area contributed by atoms with Gasteiger partial charge in [-0.1, -0.05) is 47.6 Å². The number of aromatic nitrogens is 1. The summed E-state index contributed by atoms with van der Waals surface area (Å²) in [4.78, 5) is 17.3. The number of rotatable bonds is 6. The van der Waals surface area contributed by atoms with Gasteiger partial charge in [-0.3, -0.25) is 4.79 Å². The average molecular weight is 380 g/mol. The van der Waals surface area contributed by atoms with Crippen LogP contribution in [-0.2, 0) is 17.8 Å². The van der Waals surface area contributed by atoms with Crippen molar-refractivity contribution in [3.63, 3.8) is 0 Å². The van der Waals surface area contributed by atoms with Gasteiger partial charge in [0.2, 0.25) is 5.91 Å². The van der Waals surface area contributed by atoms with Crippen LogP contribution < -0.4 is 14.3 Å². The summed E-state index contributed by atoms with van der Waals surface area (Å²) in [5.74, 6) is 3.69. The van der Waals surface area contributed by atoms with Crippen molar-refractivity contribution in [2.75, 3.05) is 14.2 Å². The van der Waals surface area contributed by atoms with Crippen LogP contribution in [0, 0.1) is 12.3 Å². The maximum absolute atomic E-state index is 12.4. The van der Waals surface area contributed by atoms with E-state index < -0.39 is 0 Å². The molecule has 0 saturated carbocycles. The summed E-state index contributed by atoms with van der Waals surface area (Å²) in [5, 5.41) is 0. The lowest BCUT2D eigenvalue weighted by Crippen LogP contribution is -2.16. The molecule has 5 nitrogen and oxygen atoms in total. The molecule has 1 heterocycles. The molecule has 6 heteroatoms. The number of hydrogen-bond donors (Lipinski definition) is 0. The minimum absolute atomic E-state index is 0.171. The van der Waals surface area contributed by atoms with Crippen LogP contribution in [-0.4, -0.2) is 24.7 Å². The summed E-state index contributed by atoms with van der Waals surface area (Å²) in [6, 6.07) is 13.6. The predicted octanol–water partition coefficient (Wildman–Crippen LogP) is 3.41. The minimum atomic E-state index is -0.171. The molecule has 0 saturated heterocycles. The molecule has 0 radical (unpaired) electrons. The molecule has 0 aliphatic rings. The highest BCUT2D eigenvalue weighted by Crippen LogP contribution is 2.33. The number of carbonyl (C=O) groups is 1. The summed E-state index contributed by atoms with van der Waals surface area (Å²) < 4.78 is 13.5. The van der Waals surface area contributed by atoms with Gasteiger partial charge >= 0.3 is 0 Å². The van der Waals surface area contributed by atoms with Gasteiger partial charge in [0.05, 0.1) is 31.0 Å². The Morgan fingerprint density at radius 2 is 1.89 bits per heavy atom. The second kappa shape index (κ2) is 8.56. The van der Waals surface area contributed by atoms with Gasteiger partial charge in [-0.2, -0.15) is 4.99 Å². The van der Waals surface area contributed by atoms with E-state index >= 15 is 0 Å². The van der Waals surface area contributed by atoms with Gasteiger partial charge in [-0.15, -0.1) is 6.42 Å². The van der Waals surface area contributed by atoms with Crippen LogP contribution in [0.3, 0.4) is 0 Å². The van der Waals surface area contributed by atoms with Crippen molar-refractivity contribution in [3.05, 3.63) is 52.8 Å². The zero-order valence-electron chi connectivity index (χ0n) is 15.3. The quantitative estimate of drug-likeness (QED) is 0.616. The molecule has 0 N–H and O–H groups in total. The van der Waals surface area contributed by atoms with Gasteiger partial charge in [-0.05, 0) is 12.0 Å². The summed E-state index contributed by atoms with van der Waals surface area (Å²) >= 11 is 1.41. The molecule has 0 spiro atoms. The van der Waals surface area contributed by atoms with Crippen LogP contribution in [0.15, 0.2) is 47.5 Å². The third kappa shape index (κ3) is 4.21. The minimum Gasteiger partial charge on any atom is -0.493 e. The first kappa shape index (κ1) is 18.7. The zero-order valence-corrected chi connectivity index (χ0v) is 16.1. The Morgan fingerprint density at radius 3 is 2.56 bits per heavy atom. The second-order valence-electron chi connectivity index (χ2n) is 5.84. The average Bonchev–Trinajstić information content (AvgIpc) is 3.02. The van der Waals surface area contributed by atoms with Crippen LogP contribution >= 0.6 is 11.3 Å². The van der Waals surface area contributed by atoms with E-state index in [2.05, 4.69) is 10.9 Å². The van der Waals surface area contributed by atoms with Crippen molar-refractivity contribution in [2.45, 2.75) is 19.4 Å². The zero-order chi connectivity index (χ0) is 19.2. The van der Waals surface area contributed by atoms with Crippen LogP contribution in [0.4, 0.5) is 0 Å². The van der Waals surface area contributed by atoms with E-state index in [1.165, 1.54) is 11.3 Å². The lowest BCUT2D eigenvalue weighted by molar-refractivity contribution is -0.118. The van der Waals surface area contributed by atoms with E-state index in [9.17, 15) is 4.79 Å². The molecular formula is C21H20N2O3S. The van der Waals surface area contributed by atoms with Gasteiger partial charge in [0.15, 0.2) is 16.3 Å². The van der Waals surface area contributed by atoms with Crippen molar-refractivity contribution in [1.29, 1.82) is 0 Å². The van der Waals surface area contributed by atoms with E-state index in [-0.39, 0.29) is 5.91 Å². The topological polar surface area (TPSA) is 52.8 Å². The van der Waals surface area contributed by atoms with Crippen molar-refractivity contribution >= 4 is 27.5 Å². The Hall–Kier alpha value is -3.04. The van der Waals surface area contributed by atoms with E-state index in [0.29, 0.717) is 35.7 Å². The van der Waals surface area contributed by atoms with E-state index in [1.807, 2.05) is 47.0 Å². The first-order valence-electron chi connectivity index (χ1n) is 8.46. The summed E-state index contributed by atoms with van der Waals surface area (Å²) in [7, 11) is 3.17. The van der Waals surface area contributed by atoms with Gasteiger partial charge in [0.1, 0.15) is 0 Å². The maximum Gasteiger partial charge on any atom is 0.248 e. The van der Waals surface area contributed by atoms with Gasteiger partial charge < -0.3 is 14.0 Å². The first-order chi connectivity index (χ1) is 13.2. The molecule has 1 aromatic heterocycles. The lowest BCUT2D eigenvalue weighted by atomic mass is 10.1. The van der Waals surface area contributed by atoms with E-state index in [0.717, 1.165) is 15.8 Å².